The summed E-state index contributed by atoms with van der Waals surface area (Å²) in [6.45, 7) is 3.31. The molecule has 1 heterocycles. The van der Waals surface area contributed by atoms with Gasteiger partial charge in [-0.3, -0.25) is 9.36 Å². The first kappa shape index (κ1) is 26.3. The molecule has 0 saturated heterocycles. The van der Waals surface area contributed by atoms with Gasteiger partial charge in [0.05, 0.1) is 25.1 Å². The maximum atomic E-state index is 14.0. The highest BCUT2D eigenvalue weighted by Crippen LogP contribution is 2.38. The van der Waals surface area contributed by atoms with Crippen molar-refractivity contribution < 1.29 is 9.47 Å². The van der Waals surface area contributed by atoms with E-state index in [9.17, 15) is 4.79 Å². The van der Waals surface area contributed by atoms with Crippen LogP contribution < -0.4 is 20.8 Å². The standard InChI is InChI=1S/C31H35N3O3S/c1-19-7-11-27-25(13-19)31(35)34(18-21-6-4-5-20(14-21)17-32)30(33-27)26-15-22(8-12-29(26)38)24-10-9-23(36-2)16-28(24)37-3/h7-13,15-16,20-21,38H,4-6,14,17-18,32H2,1-3H3. The zero-order chi connectivity index (χ0) is 26.8. The summed E-state index contributed by atoms with van der Waals surface area (Å²) in [7, 11) is 3.28. The summed E-state index contributed by atoms with van der Waals surface area (Å²) in [5.41, 5.74) is 10.4. The number of aromatic nitrogens is 2. The van der Waals surface area contributed by atoms with E-state index in [2.05, 4.69) is 6.07 Å². The number of thiol groups is 1. The molecule has 5 rings (SSSR count). The van der Waals surface area contributed by atoms with Gasteiger partial charge >= 0.3 is 0 Å². The summed E-state index contributed by atoms with van der Waals surface area (Å²) >= 11 is 4.81. The van der Waals surface area contributed by atoms with Crippen molar-refractivity contribution in [3.05, 3.63) is 70.5 Å². The van der Waals surface area contributed by atoms with Gasteiger partial charge in [-0.1, -0.05) is 24.1 Å². The second-order valence-corrected chi connectivity index (χ2v) is 10.8. The summed E-state index contributed by atoms with van der Waals surface area (Å²) in [5, 5.41) is 0.647. The predicted octanol–water partition coefficient (Wildman–Crippen LogP) is 6.11. The molecule has 0 bridgehead atoms. The third kappa shape index (κ3) is 5.18. The topological polar surface area (TPSA) is 79.4 Å². The molecule has 1 aliphatic rings. The molecule has 2 unspecified atom stereocenters. The highest BCUT2D eigenvalue weighted by Gasteiger charge is 2.24. The number of nitrogens with two attached hydrogens (primary N) is 1. The highest BCUT2D eigenvalue weighted by atomic mass is 32.1. The van der Waals surface area contributed by atoms with E-state index in [1.807, 2.05) is 60.0 Å². The fraction of sp³-hybridized carbons (Fsp3) is 0.355. The lowest BCUT2D eigenvalue weighted by Gasteiger charge is -2.29. The Bertz CT molecular complexity index is 1530. The van der Waals surface area contributed by atoms with Crippen molar-refractivity contribution in [2.45, 2.75) is 44.0 Å². The van der Waals surface area contributed by atoms with Crippen molar-refractivity contribution in [1.29, 1.82) is 0 Å². The van der Waals surface area contributed by atoms with Crippen LogP contribution in [-0.2, 0) is 6.54 Å². The predicted molar refractivity (Wildman–Crippen MR) is 156 cm³/mol. The highest BCUT2D eigenvalue weighted by molar-refractivity contribution is 7.80. The van der Waals surface area contributed by atoms with E-state index in [0.29, 0.717) is 47.4 Å². The molecule has 1 fully saturated rings. The van der Waals surface area contributed by atoms with E-state index < -0.39 is 0 Å². The Balaban J connectivity index is 1.68. The Kier molecular flexibility index (Phi) is 7.77. The first-order valence-electron chi connectivity index (χ1n) is 13.2. The van der Waals surface area contributed by atoms with Gasteiger partial charge in [-0.15, -0.1) is 12.6 Å². The minimum atomic E-state index is -0.0104. The van der Waals surface area contributed by atoms with Gasteiger partial charge in [-0.25, -0.2) is 4.98 Å². The maximum absolute atomic E-state index is 14.0. The van der Waals surface area contributed by atoms with Crippen LogP contribution in [0.5, 0.6) is 11.5 Å². The molecule has 0 spiro atoms. The second-order valence-electron chi connectivity index (χ2n) is 10.3. The molecule has 2 N–H and O–H groups in total. The average Bonchev–Trinajstić information content (AvgIpc) is 2.95. The van der Waals surface area contributed by atoms with Crippen LogP contribution >= 0.6 is 12.6 Å². The minimum Gasteiger partial charge on any atom is -0.497 e. The molecule has 1 aromatic heterocycles. The lowest BCUT2D eigenvalue weighted by molar-refractivity contribution is 0.246. The molecule has 1 aliphatic carbocycles. The van der Waals surface area contributed by atoms with Gasteiger partial charge in [0.2, 0.25) is 0 Å². The van der Waals surface area contributed by atoms with Crippen LogP contribution in [0.1, 0.15) is 31.2 Å². The van der Waals surface area contributed by atoms with Crippen LogP contribution in [0.3, 0.4) is 0 Å². The summed E-state index contributed by atoms with van der Waals surface area (Å²) < 4.78 is 12.9. The maximum Gasteiger partial charge on any atom is 0.261 e. The van der Waals surface area contributed by atoms with Gasteiger partial charge in [0.25, 0.3) is 5.56 Å². The Labute approximate surface area is 229 Å². The van der Waals surface area contributed by atoms with Gasteiger partial charge in [-0.05, 0) is 86.5 Å². The van der Waals surface area contributed by atoms with Crippen molar-refractivity contribution in [1.82, 2.24) is 9.55 Å². The molecular formula is C31H35N3O3S. The number of nitrogens with zero attached hydrogens (tertiary/aromatic N) is 2. The number of methoxy groups -OCH3 is 2. The van der Waals surface area contributed by atoms with Crippen LogP contribution in [0.4, 0.5) is 0 Å². The first-order valence-corrected chi connectivity index (χ1v) is 13.6. The Morgan fingerprint density at radius 2 is 1.82 bits per heavy atom. The SMILES string of the molecule is COc1ccc(-c2ccc(S)c(-c3nc4ccc(C)cc4c(=O)n3CC3CCCC(CN)C3)c2)c(OC)c1. The molecule has 4 aromatic rings. The Hall–Kier alpha value is -3.29. The zero-order valence-corrected chi connectivity index (χ0v) is 23.1. The van der Waals surface area contributed by atoms with Gasteiger partial charge < -0.3 is 15.2 Å². The van der Waals surface area contributed by atoms with Crippen LogP contribution in [-0.4, -0.2) is 30.3 Å². The molecule has 0 aliphatic heterocycles. The quantitative estimate of drug-likeness (QED) is 0.283. The van der Waals surface area contributed by atoms with Crippen molar-refractivity contribution in [2.75, 3.05) is 20.8 Å². The Morgan fingerprint density at radius 1 is 1.00 bits per heavy atom. The monoisotopic (exact) mass is 529 g/mol. The number of hydrogen-bond donors (Lipinski definition) is 2. The van der Waals surface area contributed by atoms with Gasteiger partial charge in [-0.2, -0.15) is 0 Å². The van der Waals surface area contributed by atoms with Crippen molar-refractivity contribution in [2.24, 2.45) is 17.6 Å². The van der Waals surface area contributed by atoms with Gasteiger partial charge in [0.1, 0.15) is 17.3 Å². The van der Waals surface area contributed by atoms with E-state index in [1.165, 1.54) is 0 Å². The third-order valence-electron chi connectivity index (χ3n) is 7.73. The van der Waals surface area contributed by atoms with E-state index >= 15 is 0 Å². The van der Waals surface area contributed by atoms with E-state index in [0.717, 1.165) is 58.6 Å². The van der Waals surface area contributed by atoms with Crippen molar-refractivity contribution >= 4 is 23.5 Å². The number of aryl methyl sites for hydroxylation is 1. The van der Waals surface area contributed by atoms with E-state index in [4.69, 9.17) is 32.8 Å². The zero-order valence-electron chi connectivity index (χ0n) is 22.2. The molecule has 3 aromatic carbocycles. The summed E-state index contributed by atoms with van der Waals surface area (Å²) in [5.74, 6) is 2.96. The normalized spacial score (nSPS) is 17.5. The number of fused-ring (bicyclic) bond motifs is 1. The third-order valence-corrected chi connectivity index (χ3v) is 8.12. The summed E-state index contributed by atoms with van der Waals surface area (Å²) in [6, 6.07) is 17.6. The first-order chi connectivity index (χ1) is 18.4. The lowest BCUT2D eigenvalue weighted by atomic mass is 9.81. The molecule has 1 saturated carbocycles. The molecule has 2 atom stereocenters. The smallest absolute Gasteiger partial charge is 0.261 e. The number of rotatable bonds is 7. The van der Waals surface area contributed by atoms with Crippen LogP contribution in [0.2, 0.25) is 0 Å². The van der Waals surface area contributed by atoms with Gasteiger partial charge in [0.15, 0.2) is 0 Å². The number of benzene rings is 3. The van der Waals surface area contributed by atoms with E-state index in [1.54, 1.807) is 14.2 Å². The Morgan fingerprint density at radius 3 is 2.58 bits per heavy atom. The molecule has 6 nitrogen and oxygen atoms in total. The average molecular weight is 530 g/mol. The minimum absolute atomic E-state index is 0.0104. The second kappa shape index (κ2) is 11.2. The van der Waals surface area contributed by atoms with Gasteiger partial charge in [0, 0.05) is 28.6 Å². The fourth-order valence-corrected chi connectivity index (χ4v) is 5.91. The molecule has 0 radical (unpaired) electrons. The molecular weight excluding hydrogens is 494 g/mol. The van der Waals surface area contributed by atoms with E-state index in [-0.39, 0.29) is 5.56 Å². The number of hydrogen-bond acceptors (Lipinski definition) is 6. The van der Waals surface area contributed by atoms with Crippen molar-refractivity contribution in [3.63, 3.8) is 0 Å². The lowest BCUT2D eigenvalue weighted by Crippen LogP contribution is -2.31. The molecule has 0 amide bonds. The molecule has 38 heavy (non-hydrogen) atoms. The summed E-state index contributed by atoms with van der Waals surface area (Å²) in [4.78, 5) is 19.8. The van der Waals surface area contributed by atoms with Crippen LogP contribution in [0.15, 0.2) is 64.3 Å². The van der Waals surface area contributed by atoms with Crippen LogP contribution in [0.25, 0.3) is 33.4 Å². The van der Waals surface area contributed by atoms with Crippen molar-refractivity contribution in [3.8, 4) is 34.0 Å². The largest absolute Gasteiger partial charge is 0.497 e. The molecule has 7 heteroatoms. The fourth-order valence-electron chi connectivity index (χ4n) is 5.67. The molecule has 198 valence electrons. The van der Waals surface area contributed by atoms with Crippen LogP contribution in [0, 0.1) is 18.8 Å². The summed E-state index contributed by atoms with van der Waals surface area (Å²) in [6.07, 6.45) is 4.42. The number of ether oxygens (including phenoxy) is 2.